The molecule has 124 valence electrons. The molecule has 1 aromatic carbocycles. The smallest absolute Gasteiger partial charge is 0.335 e. The van der Waals surface area contributed by atoms with Crippen molar-refractivity contribution in [3.63, 3.8) is 0 Å². The van der Waals surface area contributed by atoms with E-state index in [1.807, 2.05) is 6.07 Å². The Hall–Kier alpha value is -1.88. The van der Waals surface area contributed by atoms with Gasteiger partial charge in [-0.3, -0.25) is 4.79 Å². The van der Waals surface area contributed by atoms with Crippen LogP contribution in [0.3, 0.4) is 0 Å². The van der Waals surface area contributed by atoms with Crippen molar-refractivity contribution in [1.29, 1.82) is 0 Å². The Morgan fingerprint density at radius 2 is 2.04 bits per heavy atom. The Morgan fingerprint density at radius 3 is 2.70 bits per heavy atom. The van der Waals surface area contributed by atoms with E-state index in [2.05, 4.69) is 5.32 Å². The zero-order valence-corrected chi connectivity index (χ0v) is 13.2. The Morgan fingerprint density at radius 1 is 1.26 bits per heavy atom. The number of carboxylic acid groups (broad SMARTS) is 1. The lowest BCUT2D eigenvalue weighted by atomic mass is 9.77. The van der Waals surface area contributed by atoms with Gasteiger partial charge >= 0.3 is 5.97 Å². The fourth-order valence-corrected chi connectivity index (χ4v) is 3.60. The number of carboxylic acids is 1. The third kappa shape index (κ3) is 3.55. The van der Waals surface area contributed by atoms with Crippen molar-refractivity contribution < 1.29 is 19.8 Å². The second kappa shape index (κ2) is 6.32. The molecule has 3 N–H and O–H groups in total. The van der Waals surface area contributed by atoms with Crippen LogP contribution in [-0.2, 0) is 11.2 Å². The number of hydrogen-bond acceptors (Lipinski definition) is 3. The van der Waals surface area contributed by atoms with E-state index < -0.39 is 11.6 Å². The van der Waals surface area contributed by atoms with Crippen LogP contribution in [0.2, 0.25) is 0 Å². The number of aliphatic hydroxyl groups is 1. The number of carbonyl (C=O) groups is 2. The number of aromatic carboxylic acids is 1. The van der Waals surface area contributed by atoms with Gasteiger partial charge in [0.05, 0.1) is 17.6 Å². The first kappa shape index (κ1) is 16.0. The fraction of sp³-hybridized carbons (Fsp3) is 0.556. The van der Waals surface area contributed by atoms with Crippen molar-refractivity contribution in [2.45, 2.75) is 56.5 Å². The summed E-state index contributed by atoms with van der Waals surface area (Å²) in [5, 5.41) is 22.1. The minimum Gasteiger partial charge on any atom is -0.478 e. The number of nitrogens with one attached hydrogen (secondary N) is 1. The SMILES string of the molecule is O=C(CC1(O)CCC1)NCC1CCCc2ccc(C(=O)O)cc21. The van der Waals surface area contributed by atoms with Gasteiger partial charge in [-0.2, -0.15) is 0 Å². The van der Waals surface area contributed by atoms with E-state index in [1.165, 1.54) is 5.56 Å². The molecule has 1 aromatic rings. The van der Waals surface area contributed by atoms with Gasteiger partial charge in [0.1, 0.15) is 0 Å². The number of benzene rings is 1. The summed E-state index contributed by atoms with van der Waals surface area (Å²) in [7, 11) is 0. The maximum atomic E-state index is 12.0. The summed E-state index contributed by atoms with van der Waals surface area (Å²) in [4.78, 5) is 23.2. The largest absolute Gasteiger partial charge is 0.478 e. The van der Waals surface area contributed by atoms with Gasteiger partial charge in [0.15, 0.2) is 0 Å². The first-order chi connectivity index (χ1) is 11.0. The molecule has 0 saturated heterocycles. The fourth-order valence-electron chi connectivity index (χ4n) is 3.60. The van der Waals surface area contributed by atoms with Crippen molar-refractivity contribution in [2.24, 2.45) is 0 Å². The summed E-state index contributed by atoms with van der Waals surface area (Å²) < 4.78 is 0. The number of carbonyl (C=O) groups excluding carboxylic acids is 1. The number of amides is 1. The highest BCUT2D eigenvalue weighted by Crippen LogP contribution is 2.35. The molecule has 1 atom stereocenters. The highest BCUT2D eigenvalue weighted by Gasteiger charge is 2.36. The maximum absolute atomic E-state index is 12.0. The summed E-state index contributed by atoms with van der Waals surface area (Å²) in [6.45, 7) is 0.505. The van der Waals surface area contributed by atoms with E-state index in [0.29, 0.717) is 24.9 Å². The quantitative estimate of drug-likeness (QED) is 0.777. The summed E-state index contributed by atoms with van der Waals surface area (Å²) in [6.07, 6.45) is 5.51. The Labute approximate surface area is 135 Å². The molecule has 1 saturated carbocycles. The van der Waals surface area contributed by atoms with E-state index in [9.17, 15) is 14.7 Å². The second-order valence-electron chi connectivity index (χ2n) is 6.87. The van der Waals surface area contributed by atoms with Crippen molar-refractivity contribution >= 4 is 11.9 Å². The highest BCUT2D eigenvalue weighted by atomic mass is 16.4. The van der Waals surface area contributed by atoms with Gasteiger partial charge in [0.25, 0.3) is 0 Å². The van der Waals surface area contributed by atoms with Gasteiger partial charge in [-0.05, 0) is 61.8 Å². The van der Waals surface area contributed by atoms with Crippen LogP contribution in [0.25, 0.3) is 0 Å². The summed E-state index contributed by atoms with van der Waals surface area (Å²) in [6, 6.07) is 5.28. The van der Waals surface area contributed by atoms with Crippen LogP contribution < -0.4 is 5.32 Å². The predicted octanol–water partition coefficient (Wildman–Crippen LogP) is 2.23. The van der Waals surface area contributed by atoms with Gasteiger partial charge in [0.2, 0.25) is 5.91 Å². The molecule has 0 radical (unpaired) electrons. The molecule has 0 heterocycles. The van der Waals surface area contributed by atoms with Crippen molar-refractivity contribution in [2.75, 3.05) is 6.54 Å². The molecule has 5 heteroatoms. The molecule has 0 aliphatic heterocycles. The molecule has 5 nitrogen and oxygen atoms in total. The first-order valence-electron chi connectivity index (χ1n) is 8.32. The van der Waals surface area contributed by atoms with E-state index in [0.717, 1.165) is 31.2 Å². The molecule has 0 spiro atoms. The zero-order chi connectivity index (χ0) is 16.4. The molecule has 1 amide bonds. The predicted molar refractivity (Wildman–Crippen MR) is 85.5 cm³/mol. The van der Waals surface area contributed by atoms with Crippen LogP contribution in [0.5, 0.6) is 0 Å². The molecular formula is C18H23NO4. The van der Waals surface area contributed by atoms with Crippen molar-refractivity contribution in [3.05, 3.63) is 34.9 Å². The summed E-state index contributed by atoms with van der Waals surface area (Å²) in [5.74, 6) is -0.889. The maximum Gasteiger partial charge on any atom is 0.335 e. The van der Waals surface area contributed by atoms with E-state index >= 15 is 0 Å². The van der Waals surface area contributed by atoms with Gasteiger partial charge in [-0.15, -0.1) is 0 Å². The van der Waals surface area contributed by atoms with Crippen molar-refractivity contribution in [1.82, 2.24) is 5.32 Å². The van der Waals surface area contributed by atoms with Crippen LogP contribution >= 0.6 is 0 Å². The van der Waals surface area contributed by atoms with Gasteiger partial charge in [-0.25, -0.2) is 4.79 Å². The Balaban J connectivity index is 1.64. The standard InChI is InChI=1S/C18H23NO4/c20-16(10-18(23)7-2-8-18)19-11-14-4-1-3-12-5-6-13(17(21)22)9-15(12)14/h5-6,9,14,23H,1-4,7-8,10-11H2,(H,19,20)(H,21,22). The first-order valence-corrected chi connectivity index (χ1v) is 8.32. The van der Waals surface area contributed by atoms with E-state index in [-0.39, 0.29) is 18.2 Å². The average molecular weight is 317 g/mol. The molecule has 23 heavy (non-hydrogen) atoms. The van der Waals surface area contributed by atoms with Crippen LogP contribution in [0.4, 0.5) is 0 Å². The Kier molecular flexibility index (Phi) is 4.39. The van der Waals surface area contributed by atoms with Gasteiger partial charge in [0, 0.05) is 12.5 Å². The number of hydrogen-bond donors (Lipinski definition) is 3. The summed E-state index contributed by atoms with van der Waals surface area (Å²) >= 11 is 0. The van der Waals surface area contributed by atoms with Crippen LogP contribution in [0, 0.1) is 0 Å². The van der Waals surface area contributed by atoms with Gasteiger partial charge in [-0.1, -0.05) is 6.07 Å². The lowest BCUT2D eigenvalue weighted by Crippen LogP contribution is -2.43. The lowest BCUT2D eigenvalue weighted by Gasteiger charge is -2.36. The van der Waals surface area contributed by atoms with Crippen molar-refractivity contribution in [3.8, 4) is 0 Å². The molecule has 2 aliphatic rings. The third-order valence-electron chi connectivity index (χ3n) is 5.15. The molecule has 2 aliphatic carbocycles. The normalized spacial score (nSPS) is 21.9. The molecule has 1 fully saturated rings. The molecule has 0 bridgehead atoms. The third-order valence-corrected chi connectivity index (χ3v) is 5.15. The van der Waals surface area contributed by atoms with Crippen LogP contribution in [0.15, 0.2) is 18.2 Å². The molecule has 0 aromatic heterocycles. The second-order valence-corrected chi connectivity index (χ2v) is 6.87. The minimum absolute atomic E-state index is 0.117. The Bertz CT molecular complexity index is 621. The zero-order valence-electron chi connectivity index (χ0n) is 13.2. The van der Waals surface area contributed by atoms with E-state index in [1.54, 1.807) is 12.1 Å². The van der Waals surface area contributed by atoms with E-state index in [4.69, 9.17) is 5.11 Å². The van der Waals surface area contributed by atoms with Gasteiger partial charge < -0.3 is 15.5 Å². The molecule has 3 rings (SSSR count). The minimum atomic E-state index is -0.923. The summed E-state index contributed by atoms with van der Waals surface area (Å²) in [5.41, 5.74) is 1.72. The van der Waals surface area contributed by atoms with Crippen LogP contribution in [0.1, 0.15) is 65.9 Å². The monoisotopic (exact) mass is 317 g/mol. The average Bonchev–Trinajstić information content (AvgIpc) is 2.50. The lowest BCUT2D eigenvalue weighted by molar-refractivity contribution is -0.130. The number of fused-ring (bicyclic) bond motifs is 1. The number of rotatable bonds is 5. The molecule has 1 unspecified atom stereocenters. The highest BCUT2D eigenvalue weighted by molar-refractivity contribution is 5.88. The molecular weight excluding hydrogens is 294 g/mol. The van der Waals surface area contributed by atoms with Crippen LogP contribution in [-0.4, -0.2) is 34.2 Å². The number of aryl methyl sites for hydroxylation is 1. The topological polar surface area (TPSA) is 86.6 Å².